The normalized spacial score (nSPS) is 17.0. The molecule has 156 valence electrons. The highest BCUT2D eigenvalue weighted by Gasteiger charge is 2.34. The maximum Gasteiger partial charge on any atom is 0.330 e. The smallest absolute Gasteiger partial charge is 0.330 e. The minimum atomic E-state index is -1.13. The van der Waals surface area contributed by atoms with Gasteiger partial charge in [0.05, 0.1) is 30.0 Å². The fourth-order valence-corrected chi connectivity index (χ4v) is 4.52. The first-order chi connectivity index (χ1) is 15.1. The molecule has 7 heteroatoms. The average Bonchev–Trinajstić information content (AvgIpc) is 2.79. The number of pyridine rings is 1. The predicted octanol–water partition coefficient (Wildman–Crippen LogP) is 3.79. The van der Waals surface area contributed by atoms with Crippen molar-refractivity contribution >= 4 is 33.8 Å². The van der Waals surface area contributed by atoms with E-state index in [9.17, 15) is 9.35 Å². The summed E-state index contributed by atoms with van der Waals surface area (Å²) in [6, 6.07) is 19.2. The topological polar surface area (TPSA) is 71.5 Å². The van der Waals surface area contributed by atoms with Crippen molar-refractivity contribution in [2.24, 2.45) is 0 Å². The molecule has 0 fully saturated rings. The Labute approximate surface area is 184 Å². The van der Waals surface area contributed by atoms with Gasteiger partial charge in [-0.3, -0.25) is 4.98 Å². The van der Waals surface area contributed by atoms with E-state index in [1.807, 2.05) is 60.7 Å². The first-order valence-electron chi connectivity index (χ1n) is 10.1. The van der Waals surface area contributed by atoms with Crippen LogP contribution < -0.4 is 10.2 Å². The predicted molar refractivity (Wildman–Crippen MR) is 123 cm³/mol. The lowest BCUT2D eigenvalue weighted by atomic mass is 10.1. The summed E-state index contributed by atoms with van der Waals surface area (Å²) in [6.07, 6.45) is 5.76. The van der Waals surface area contributed by atoms with Gasteiger partial charge in [-0.15, -0.1) is 0 Å². The van der Waals surface area contributed by atoms with Crippen LogP contribution >= 0.6 is 0 Å². The molecule has 31 heavy (non-hydrogen) atoms. The van der Waals surface area contributed by atoms with E-state index in [1.165, 1.54) is 0 Å². The van der Waals surface area contributed by atoms with Crippen molar-refractivity contribution in [1.29, 1.82) is 0 Å². The van der Waals surface area contributed by atoms with Crippen molar-refractivity contribution in [2.75, 3.05) is 24.2 Å². The number of anilines is 1. The van der Waals surface area contributed by atoms with Gasteiger partial charge in [-0.25, -0.2) is 9.69 Å². The molecule has 3 aromatic rings. The molecule has 0 bridgehead atoms. The maximum atomic E-state index is 13.6. The Bertz CT molecular complexity index is 1220. The fraction of sp³-hybridized carbons (Fsp3) is 0.167. The molecule has 2 amide bonds. The molecule has 0 saturated heterocycles. The molecule has 1 atom stereocenters. The fourth-order valence-electron chi connectivity index (χ4n) is 3.97. The van der Waals surface area contributed by atoms with Gasteiger partial charge >= 0.3 is 6.03 Å². The highest BCUT2D eigenvalue weighted by atomic mass is 32.2. The molecular weight excluding hydrogens is 408 g/mol. The Hall–Kier alpha value is -3.29. The Morgan fingerprint density at radius 1 is 1.13 bits per heavy atom. The van der Waals surface area contributed by atoms with Gasteiger partial charge in [0, 0.05) is 23.6 Å². The summed E-state index contributed by atoms with van der Waals surface area (Å²) in [5.74, 6) is 0.786. The van der Waals surface area contributed by atoms with Gasteiger partial charge in [0.2, 0.25) is 0 Å². The molecule has 2 aliphatic heterocycles. The molecular formula is C24H22N4O2S. The number of rotatable bonds is 4. The third-order valence-electron chi connectivity index (χ3n) is 5.47. The molecule has 5 rings (SSSR count). The van der Waals surface area contributed by atoms with E-state index >= 15 is 0 Å². The van der Waals surface area contributed by atoms with Crippen LogP contribution in [0, 0.1) is 0 Å². The number of aromatic nitrogens is 1. The average molecular weight is 431 g/mol. The van der Waals surface area contributed by atoms with Gasteiger partial charge in [-0.1, -0.05) is 42.5 Å². The van der Waals surface area contributed by atoms with Crippen LogP contribution in [0.1, 0.15) is 5.69 Å². The van der Waals surface area contributed by atoms with Crippen molar-refractivity contribution in [3.05, 3.63) is 89.9 Å². The number of nitrogens with one attached hydrogen (secondary N) is 1. The molecule has 0 radical (unpaired) electrons. The Morgan fingerprint density at radius 3 is 2.87 bits per heavy atom. The second-order valence-corrected chi connectivity index (χ2v) is 8.96. The number of dihydropyridines is 1. The molecule has 1 aromatic heterocycles. The van der Waals surface area contributed by atoms with Gasteiger partial charge in [0.1, 0.15) is 12.1 Å². The summed E-state index contributed by atoms with van der Waals surface area (Å²) in [5, 5.41) is 4.41. The van der Waals surface area contributed by atoms with E-state index in [-0.39, 0.29) is 6.03 Å². The van der Waals surface area contributed by atoms with Gasteiger partial charge in [0.15, 0.2) is 4.90 Å². The number of para-hydroxylation sites is 1. The summed E-state index contributed by atoms with van der Waals surface area (Å²) >= 11 is -1.13. The zero-order chi connectivity index (χ0) is 21.4. The van der Waals surface area contributed by atoms with Crippen LogP contribution in [-0.2, 0) is 17.7 Å². The zero-order valence-electron chi connectivity index (χ0n) is 17.1. The second-order valence-electron chi connectivity index (χ2n) is 7.58. The number of carbonyl (C=O) groups is 1. The van der Waals surface area contributed by atoms with Crippen molar-refractivity contribution < 1.29 is 9.35 Å². The molecule has 2 aliphatic rings. The number of hydrogen-bond acceptors (Lipinski definition) is 4. The van der Waals surface area contributed by atoms with E-state index in [2.05, 4.69) is 17.5 Å². The molecule has 6 nitrogen and oxygen atoms in total. The third kappa shape index (κ3) is 3.78. The second kappa shape index (κ2) is 8.09. The Kier molecular flexibility index (Phi) is 5.13. The van der Waals surface area contributed by atoms with E-state index in [1.54, 1.807) is 16.1 Å². The van der Waals surface area contributed by atoms with Crippen LogP contribution in [0.25, 0.3) is 10.9 Å². The first kappa shape index (κ1) is 19.7. The number of carbonyl (C=O) groups excluding carboxylic acids is 1. The molecule has 1 N–H and O–H groups in total. The molecule has 1 unspecified atom stereocenters. The molecule has 2 aromatic carbocycles. The highest BCUT2D eigenvalue weighted by Crippen LogP contribution is 2.30. The molecule has 3 heterocycles. The lowest BCUT2D eigenvalue weighted by Crippen LogP contribution is -2.52. The lowest BCUT2D eigenvalue weighted by molar-refractivity contribution is 0.203. The monoisotopic (exact) mass is 430 g/mol. The van der Waals surface area contributed by atoms with Crippen molar-refractivity contribution in [3.63, 3.8) is 0 Å². The summed E-state index contributed by atoms with van der Waals surface area (Å²) in [5.41, 5.74) is 3.49. The van der Waals surface area contributed by atoms with Gasteiger partial charge in [0.25, 0.3) is 0 Å². The summed E-state index contributed by atoms with van der Waals surface area (Å²) in [4.78, 5) is 22.5. The summed E-state index contributed by atoms with van der Waals surface area (Å²) < 4.78 is 12.0. The lowest BCUT2D eigenvalue weighted by Gasteiger charge is -2.39. The van der Waals surface area contributed by atoms with E-state index in [0.29, 0.717) is 30.2 Å². The number of amides is 2. The van der Waals surface area contributed by atoms with Gasteiger partial charge < -0.3 is 14.8 Å². The Balaban J connectivity index is 1.51. The van der Waals surface area contributed by atoms with Crippen LogP contribution in [0.15, 0.2) is 89.1 Å². The van der Waals surface area contributed by atoms with Gasteiger partial charge in [-0.05, 0) is 35.4 Å². The Morgan fingerprint density at radius 2 is 2.00 bits per heavy atom. The number of nitrogens with zero attached hydrogens (tertiary/aromatic N) is 3. The van der Waals surface area contributed by atoms with Crippen LogP contribution in [0.4, 0.5) is 10.5 Å². The highest BCUT2D eigenvalue weighted by molar-refractivity contribution is 7.90. The first-order valence-corrected chi connectivity index (χ1v) is 11.7. The molecule has 0 spiro atoms. The summed E-state index contributed by atoms with van der Waals surface area (Å²) in [7, 11) is 0. The van der Waals surface area contributed by atoms with Crippen LogP contribution in [-0.4, -0.2) is 39.8 Å². The molecule has 0 saturated carbocycles. The molecule has 0 aliphatic carbocycles. The zero-order valence-corrected chi connectivity index (χ0v) is 17.9. The number of benzene rings is 2. The maximum absolute atomic E-state index is 13.6. The van der Waals surface area contributed by atoms with Crippen molar-refractivity contribution in [3.8, 4) is 0 Å². The third-order valence-corrected chi connectivity index (χ3v) is 6.39. The van der Waals surface area contributed by atoms with Crippen LogP contribution in [0.2, 0.25) is 0 Å². The van der Waals surface area contributed by atoms with Gasteiger partial charge in [-0.2, -0.15) is 0 Å². The van der Waals surface area contributed by atoms with Crippen LogP contribution in [0.3, 0.4) is 0 Å². The minimum Gasteiger partial charge on any atom is -0.612 e. The van der Waals surface area contributed by atoms with Crippen molar-refractivity contribution in [1.82, 2.24) is 15.2 Å². The quantitative estimate of drug-likeness (QED) is 0.640. The van der Waals surface area contributed by atoms with Crippen molar-refractivity contribution in [2.45, 2.75) is 11.4 Å². The summed E-state index contributed by atoms with van der Waals surface area (Å²) in [6.45, 7) is 1.57. The van der Waals surface area contributed by atoms with E-state index in [0.717, 1.165) is 28.0 Å². The largest absolute Gasteiger partial charge is 0.612 e. The SMILES string of the molecule is C[S+]([O-])c1cccc(N2C(=O)N(Cc3ccc4ccccc4n3)CC3=C2NCC=C3)c1. The minimum absolute atomic E-state index is 0.129. The van der Waals surface area contributed by atoms with Crippen LogP contribution in [0.5, 0.6) is 0 Å². The standard InChI is InChI=1S/C24H22N4O2S/c1-31(30)21-9-4-8-20(14-21)28-23-18(7-5-13-25-23)15-27(24(28)29)16-19-12-11-17-6-2-3-10-22(17)26-19/h2-12,14,25H,13,15-16H2,1H3. The van der Waals surface area contributed by atoms with E-state index in [4.69, 9.17) is 4.98 Å². The number of hydrogen-bond donors (Lipinski definition) is 1. The van der Waals surface area contributed by atoms with E-state index < -0.39 is 11.2 Å². The number of urea groups is 1. The number of fused-ring (bicyclic) bond motifs is 1.